The van der Waals surface area contributed by atoms with Gasteiger partial charge in [-0.3, -0.25) is 4.79 Å². The van der Waals surface area contributed by atoms with Gasteiger partial charge in [0.25, 0.3) is 0 Å². The summed E-state index contributed by atoms with van der Waals surface area (Å²) in [5.41, 5.74) is 23.3. The lowest BCUT2D eigenvalue weighted by molar-refractivity contribution is -0.307. The predicted molar refractivity (Wildman–Crippen MR) is 125 cm³/mol. The molecule has 0 bridgehead atoms. The van der Waals surface area contributed by atoms with Gasteiger partial charge < -0.3 is 82.9 Å². The summed E-state index contributed by atoms with van der Waals surface area (Å²) in [5.74, 6) is -0.807. The number of hydrogen-bond donors (Lipinski definition) is 12. The van der Waals surface area contributed by atoms with E-state index in [1.807, 2.05) is 0 Å². The molecule has 38 heavy (non-hydrogen) atoms. The van der Waals surface area contributed by atoms with E-state index in [4.69, 9.17) is 41.9 Å². The number of hydrogen-bond acceptors (Lipinski definition) is 16. The van der Waals surface area contributed by atoms with Crippen molar-refractivity contribution in [3.63, 3.8) is 0 Å². The maximum Gasteiger partial charge on any atom is 0.249 e. The Morgan fingerprint density at radius 1 is 0.895 bits per heavy atom. The molecule has 0 aromatic rings. The fourth-order valence-corrected chi connectivity index (χ4v) is 4.84. The third kappa shape index (κ3) is 6.60. The van der Waals surface area contributed by atoms with Gasteiger partial charge in [-0.2, -0.15) is 0 Å². The van der Waals surface area contributed by atoms with E-state index in [9.17, 15) is 40.5 Å². The Bertz CT molecular complexity index is 770. The molecule has 0 aromatic heterocycles. The zero-order valence-corrected chi connectivity index (χ0v) is 20.7. The summed E-state index contributed by atoms with van der Waals surface area (Å²) in [6.07, 6.45) is -16.9. The minimum Gasteiger partial charge on any atom is -0.394 e. The van der Waals surface area contributed by atoms with Gasteiger partial charge in [0.15, 0.2) is 12.6 Å². The van der Waals surface area contributed by atoms with Gasteiger partial charge in [-0.1, -0.05) is 0 Å². The molecule has 1 aliphatic carbocycles. The van der Waals surface area contributed by atoms with Crippen molar-refractivity contribution in [1.29, 1.82) is 0 Å². The Morgan fingerprint density at radius 2 is 1.50 bits per heavy atom. The van der Waals surface area contributed by atoms with E-state index in [1.54, 1.807) is 0 Å². The monoisotopic (exact) mass is 555 g/mol. The van der Waals surface area contributed by atoms with Crippen molar-refractivity contribution >= 4 is 5.91 Å². The molecule has 17 heteroatoms. The lowest BCUT2D eigenvalue weighted by Crippen LogP contribution is -2.69. The summed E-state index contributed by atoms with van der Waals surface area (Å²) < 4.78 is 22.7. The summed E-state index contributed by atoms with van der Waals surface area (Å²) in [6.45, 7) is -0.764. The fourth-order valence-electron chi connectivity index (χ4n) is 4.84. The van der Waals surface area contributed by atoms with E-state index >= 15 is 0 Å². The molecule has 17 nitrogen and oxygen atoms in total. The van der Waals surface area contributed by atoms with Crippen LogP contribution in [0.1, 0.15) is 12.8 Å². The van der Waals surface area contributed by atoms with Crippen LogP contribution in [-0.2, 0) is 23.7 Å². The lowest BCUT2D eigenvalue weighted by Gasteiger charge is -2.48. The normalized spacial score (nSPS) is 46.6. The van der Waals surface area contributed by atoms with Gasteiger partial charge in [0, 0.05) is 12.6 Å². The molecule has 2 saturated heterocycles. The third-order valence-electron chi connectivity index (χ3n) is 7.15. The van der Waals surface area contributed by atoms with Gasteiger partial charge in [0.05, 0.1) is 18.7 Å². The molecule has 0 spiro atoms. The average Bonchev–Trinajstić information content (AvgIpc) is 3.16. The van der Waals surface area contributed by atoms with Gasteiger partial charge in [-0.05, 0) is 19.4 Å². The van der Waals surface area contributed by atoms with Gasteiger partial charge in [-0.25, -0.2) is 0 Å². The van der Waals surface area contributed by atoms with Crippen molar-refractivity contribution < 1.29 is 59.5 Å². The second kappa shape index (κ2) is 13.5. The zero-order chi connectivity index (χ0) is 28.3. The predicted octanol–water partition coefficient (Wildman–Crippen LogP) is -7.79. The molecular weight excluding hydrogens is 514 g/mol. The molecule has 2 heterocycles. The number of carbonyl (C=O) groups excluding carboxylic acids is 1. The number of ether oxygens (including phenoxy) is 4. The molecular formula is C21H41N5O12. The van der Waals surface area contributed by atoms with Crippen LogP contribution in [0, 0.1) is 0 Å². The first-order valence-corrected chi connectivity index (χ1v) is 12.5. The number of rotatable bonds is 10. The Morgan fingerprint density at radius 3 is 2.08 bits per heavy atom. The van der Waals surface area contributed by atoms with Crippen LogP contribution in [0.15, 0.2) is 0 Å². The summed E-state index contributed by atoms with van der Waals surface area (Å²) >= 11 is 0. The molecule has 1 amide bonds. The second-order valence-corrected chi connectivity index (χ2v) is 9.84. The van der Waals surface area contributed by atoms with Crippen molar-refractivity contribution in [2.24, 2.45) is 22.9 Å². The number of amides is 1. The van der Waals surface area contributed by atoms with Crippen molar-refractivity contribution in [3.05, 3.63) is 0 Å². The van der Waals surface area contributed by atoms with E-state index in [2.05, 4.69) is 5.32 Å². The maximum absolute atomic E-state index is 12.4. The molecule has 15 atom stereocenters. The highest BCUT2D eigenvalue weighted by molar-refractivity contribution is 5.80. The molecule has 0 radical (unpaired) electrons. The third-order valence-corrected chi connectivity index (χ3v) is 7.15. The smallest absolute Gasteiger partial charge is 0.249 e. The summed E-state index contributed by atoms with van der Waals surface area (Å²) in [5, 5.41) is 74.0. The van der Waals surface area contributed by atoms with E-state index in [0.717, 1.165) is 0 Å². The van der Waals surface area contributed by atoms with Gasteiger partial charge in [0.1, 0.15) is 61.0 Å². The van der Waals surface area contributed by atoms with Gasteiger partial charge >= 0.3 is 0 Å². The average molecular weight is 556 g/mol. The van der Waals surface area contributed by atoms with Crippen LogP contribution in [0.4, 0.5) is 0 Å². The molecule has 16 N–H and O–H groups in total. The summed E-state index contributed by atoms with van der Waals surface area (Å²) in [7, 11) is 0. The summed E-state index contributed by atoms with van der Waals surface area (Å²) in [4.78, 5) is 12.4. The Kier molecular flexibility index (Phi) is 11.1. The van der Waals surface area contributed by atoms with Crippen LogP contribution < -0.4 is 28.3 Å². The number of aliphatic hydroxyl groups is 7. The van der Waals surface area contributed by atoms with Crippen LogP contribution in [0.5, 0.6) is 0 Å². The number of carbonyl (C=O) groups is 1. The molecule has 1 saturated carbocycles. The second-order valence-electron chi connectivity index (χ2n) is 9.84. The minimum atomic E-state index is -1.62. The van der Waals surface area contributed by atoms with Crippen LogP contribution in [0.25, 0.3) is 0 Å². The number of nitrogens with two attached hydrogens (primary N) is 4. The van der Waals surface area contributed by atoms with Crippen LogP contribution in [-0.4, -0.2) is 153 Å². The van der Waals surface area contributed by atoms with Gasteiger partial charge in [0.2, 0.25) is 5.91 Å². The number of aliphatic hydroxyl groups excluding tert-OH is 7. The maximum atomic E-state index is 12.4. The van der Waals surface area contributed by atoms with Gasteiger partial charge in [-0.15, -0.1) is 0 Å². The number of nitrogens with one attached hydrogen (secondary N) is 1. The van der Waals surface area contributed by atoms with Crippen LogP contribution in [0.3, 0.4) is 0 Å². The van der Waals surface area contributed by atoms with E-state index in [-0.39, 0.29) is 25.9 Å². The standard InChI is InChI=1S/C21H41N5O12/c22-2-1-8(28)19(34)26-7-3-6(24)17(37-20-11(25)15(32)13(30)9(4-23)35-20)18(12(7)29)38-21-16(33)14(31)10(5-27)36-21/h6-18,20-21,27-33H,1-5,22-25H2,(H,26,34)/t6-,7+,8?,9+,10+,11+,12-,13+,14+,15+,16+,17+,18-,20+,21-/m0/s1. The van der Waals surface area contributed by atoms with E-state index in [1.165, 1.54) is 0 Å². The molecule has 3 aliphatic rings. The first kappa shape index (κ1) is 31.4. The largest absolute Gasteiger partial charge is 0.394 e. The van der Waals surface area contributed by atoms with E-state index < -0.39 is 104 Å². The first-order chi connectivity index (χ1) is 17.9. The molecule has 3 rings (SSSR count). The van der Waals surface area contributed by atoms with Crippen molar-refractivity contribution in [2.75, 3.05) is 19.7 Å². The van der Waals surface area contributed by atoms with Crippen molar-refractivity contribution in [2.45, 2.75) is 105 Å². The fraction of sp³-hybridized carbons (Fsp3) is 0.952. The molecule has 3 fully saturated rings. The highest BCUT2D eigenvalue weighted by atomic mass is 16.7. The highest BCUT2D eigenvalue weighted by Gasteiger charge is 2.53. The first-order valence-electron chi connectivity index (χ1n) is 12.5. The Balaban J connectivity index is 1.84. The molecule has 2 aliphatic heterocycles. The highest BCUT2D eigenvalue weighted by Crippen LogP contribution is 2.32. The minimum absolute atomic E-state index is 0.0255. The molecule has 222 valence electrons. The van der Waals surface area contributed by atoms with Crippen molar-refractivity contribution in [3.8, 4) is 0 Å². The topological polar surface area (TPSA) is 312 Å². The van der Waals surface area contributed by atoms with Crippen LogP contribution in [0.2, 0.25) is 0 Å². The summed E-state index contributed by atoms with van der Waals surface area (Å²) in [6, 6.07) is -3.29. The zero-order valence-electron chi connectivity index (χ0n) is 20.7. The van der Waals surface area contributed by atoms with Crippen LogP contribution >= 0.6 is 0 Å². The SMILES string of the molecule is NCCC(O)C(=O)N[C@@H]1C[C@H](N)[C@@H](O[C@H]2O[C@H](CN)[C@@H](O)[C@H](O)[C@H]2N)[C@@H](O[C@@H]2O[C@H](CO)[C@@H](O)[C@H]2O)[C@H]1O. The molecule has 0 aromatic carbocycles. The molecule has 1 unspecified atom stereocenters. The quantitative estimate of drug-likeness (QED) is 0.119. The lowest BCUT2D eigenvalue weighted by atomic mass is 9.83. The Labute approximate surface area is 218 Å². The Hall–Kier alpha value is -1.13. The van der Waals surface area contributed by atoms with E-state index in [0.29, 0.717) is 0 Å². The van der Waals surface area contributed by atoms with Crippen molar-refractivity contribution in [1.82, 2.24) is 5.32 Å².